The van der Waals surface area contributed by atoms with E-state index in [1.54, 1.807) is 13.8 Å². The van der Waals surface area contributed by atoms with Crippen LogP contribution in [0.15, 0.2) is 58.4 Å². The highest BCUT2D eigenvalue weighted by Gasteiger charge is 2.20. The topological polar surface area (TPSA) is 122 Å². The zero-order chi connectivity index (χ0) is 21.1. The van der Waals surface area contributed by atoms with Gasteiger partial charge in [0.05, 0.1) is 21.9 Å². The maximum Gasteiger partial charge on any atom is 0.282 e. The molecule has 2 N–H and O–H groups in total. The molecular weight excluding hydrogens is 489 g/mol. The zero-order valence-corrected chi connectivity index (χ0v) is 17.6. The molecule has 1 aromatic heterocycles. The van der Waals surface area contributed by atoms with Gasteiger partial charge >= 0.3 is 0 Å². The summed E-state index contributed by atoms with van der Waals surface area (Å²) in [5, 5.41) is 18.0. The van der Waals surface area contributed by atoms with Crippen LogP contribution in [0.1, 0.15) is 28.5 Å². The number of rotatable bonds is 5. The molecule has 1 amide bonds. The Kier molecular flexibility index (Phi) is 5.92. The summed E-state index contributed by atoms with van der Waals surface area (Å²) in [4.78, 5) is 35.6. The largest absolute Gasteiger partial charge is 0.295 e. The van der Waals surface area contributed by atoms with Gasteiger partial charge in [-0.3, -0.25) is 24.8 Å². The van der Waals surface area contributed by atoms with Crippen LogP contribution in [0.3, 0.4) is 0 Å². The molecule has 0 atom stereocenters. The first kappa shape index (κ1) is 20.5. The van der Waals surface area contributed by atoms with Gasteiger partial charge in [-0.05, 0) is 66.8 Å². The fourth-order valence-corrected chi connectivity index (χ4v) is 3.18. The first-order chi connectivity index (χ1) is 13.8. The molecular formula is C19H16IN5O4. The summed E-state index contributed by atoms with van der Waals surface area (Å²) in [5.41, 5.74) is 3.37. The van der Waals surface area contributed by atoms with Gasteiger partial charge in [0, 0.05) is 15.3 Å². The molecule has 10 heteroatoms. The Labute approximate surface area is 178 Å². The van der Waals surface area contributed by atoms with Crippen molar-refractivity contribution in [2.75, 3.05) is 0 Å². The minimum atomic E-state index is -0.734. The number of nitrogens with one attached hydrogen (secondary N) is 2. The van der Waals surface area contributed by atoms with Gasteiger partial charge in [-0.2, -0.15) is 5.10 Å². The van der Waals surface area contributed by atoms with Gasteiger partial charge in [-0.25, -0.2) is 10.1 Å². The Morgan fingerprint density at radius 2 is 1.86 bits per heavy atom. The van der Waals surface area contributed by atoms with Gasteiger partial charge in [0.15, 0.2) is 0 Å². The van der Waals surface area contributed by atoms with Gasteiger partial charge < -0.3 is 0 Å². The molecule has 0 radical (unpaired) electrons. The molecule has 0 saturated carbocycles. The van der Waals surface area contributed by atoms with Crippen molar-refractivity contribution < 1.29 is 9.72 Å². The van der Waals surface area contributed by atoms with Crippen LogP contribution in [0.25, 0.3) is 5.69 Å². The van der Waals surface area contributed by atoms with Crippen molar-refractivity contribution in [2.45, 2.75) is 13.8 Å². The predicted octanol–water partition coefficient (Wildman–Crippen LogP) is 3.14. The number of nitrogens with zero attached hydrogens (tertiary/aromatic N) is 3. The van der Waals surface area contributed by atoms with Crippen LogP contribution in [0.2, 0.25) is 0 Å². The predicted molar refractivity (Wildman–Crippen MR) is 117 cm³/mol. The number of carbonyl (C=O) groups excluding carboxylic acids is 1. The van der Waals surface area contributed by atoms with E-state index in [2.05, 4.69) is 38.2 Å². The average Bonchev–Trinajstić information content (AvgIpc) is 3.00. The molecule has 0 aliphatic rings. The number of carbonyl (C=O) groups is 1. The van der Waals surface area contributed by atoms with Crippen LogP contribution in [-0.2, 0) is 0 Å². The number of hydrogen-bond donors (Lipinski definition) is 2. The van der Waals surface area contributed by atoms with E-state index in [1.807, 2.05) is 24.3 Å². The summed E-state index contributed by atoms with van der Waals surface area (Å²) >= 11 is 2.18. The molecule has 2 aromatic carbocycles. The lowest BCUT2D eigenvalue weighted by Gasteiger charge is -2.03. The summed E-state index contributed by atoms with van der Waals surface area (Å²) in [5.74, 6) is -0.734. The monoisotopic (exact) mass is 505 g/mol. The summed E-state index contributed by atoms with van der Waals surface area (Å²) in [6, 6.07) is 13.0. The number of halogens is 1. The molecule has 1 heterocycles. The second kappa shape index (κ2) is 8.39. The van der Waals surface area contributed by atoms with E-state index < -0.39 is 10.8 Å². The van der Waals surface area contributed by atoms with E-state index >= 15 is 0 Å². The molecule has 0 unspecified atom stereocenters. The van der Waals surface area contributed by atoms with Crippen LogP contribution < -0.4 is 11.0 Å². The Balaban J connectivity index is 1.89. The van der Waals surface area contributed by atoms with Crippen LogP contribution in [-0.4, -0.2) is 26.3 Å². The van der Waals surface area contributed by atoms with Crippen LogP contribution >= 0.6 is 22.6 Å². The van der Waals surface area contributed by atoms with Crippen LogP contribution in [0, 0.1) is 20.6 Å². The van der Waals surface area contributed by atoms with Crippen molar-refractivity contribution in [2.24, 2.45) is 5.10 Å². The van der Waals surface area contributed by atoms with Crippen LogP contribution in [0.4, 0.5) is 5.69 Å². The van der Waals surface area contributed by atoms with Crippen molar-refractivity contribution in [1.29, 1.82) is 0 Å². The number of benzene rings is 2. The molecule has 3 aromatic rings. The highest BCUT2D eigenvalue weighted by Crippen LogP contribution is 2.17. The second-order valence-corrected chi connectivity index (χ2v) is 7.39. The number of aromatic nitrogens is 2. The summed E-state index contributed by atoms with van der Waals surface area (Å²) < 4.78 is 2.43. The SMILES string of the molecule is CC(=NNC(=O)c1ccccc1[N+](=O)[O-])c1c(C)[nH]n(-c2ccc(I)cc2)c1=O. The van der Waals surface area contributed by atoms with E-state index in [9.17, 15) is 19.7 Å². The Hall–Kier alpha value is -3.28. The normalized spacial score (nSPS) is 11.3. The number of amides is 1. The van der Waals surface area contributed by atoms with Gasteiger partial charge in [0.2, 0.25) is 0 Å². The van der Waals surface area contributed by atoms with E-state index in [0.717, 1.165) is 3.57 Å². The highest BCUT2D eigenvalue weighted by molar-refractivity contribution is 14.1. The minimum Gasteiger partial charge on any atom is -0.295 e. The van der Waals surface area contributed by atoms with Gasteiger partial charge in [-0.1, -0.05) is 12.1 Å². The van der Waals surface area contributed by atoms with Gasteiger partial charge in [-0.15, -0.1) is 0 Å². The number of hydrogen-bond acceptors (Lipinski definition) is 5. The molecule has 148 valence electrons. The number of nitro benzene ring substituents is 1. The van der Waals surface area contributed by atoms with Gasteiger partial charge in [0.1, 0.15) is 5.56 Å². The highest BCUT2D eigenvalue weighted by atomic mass is 127. The lowest BCUT2D eigenvalue weighted by molar-refractivity contribution is -0.385. The summed E-state index contributed by atoms with van der Waals surface area (Å²) in [7, 11) is 0. The molecule has 29 heavy (non-hydrogen) atoms. The third-order valence-electron chi connectivity index (χ3n) is 4.19. The fourth-order valence-electron chi connectivity index (χ4n) is 2.82. The summed E-state index contributed by atoms with van der Waals surface area (Å²) in [6.07, 6.45) is 0. The molecule has 0 saturated heterocycles. The average molecular weight is 505 g/mol. The molecule has 0 aliphatic carbocycles. The maximum absolute atomic E-state index is 12.8. The van der Waals surface area contributed by atoms with Crippen LogP contribution in [0.5, 0.6) is 0 Å². The number of hydrazone groups is 1. The smallest absolute Gasteiger partial charge is 0.282 e. The lowest BCUT2D eigenvalue weighted by atomic mass is 10.1. The number of aryl methyl sites for hydroxylation is 1. The number of H-pyrrole nitrogens is 1. The van der Waals surface area contributed by atoms with Gasteiger partial charge in [0.25, 0.3) is 17.2 Å². The third kappa shape index (κ3) is 4.26. The number of nitro groups is 1. The quantitative estimate of drug-likeness (QED) is 0.240. The molecule has 0 fully saturated rings. The Morgan fingerprint density at radius 1 is 1.21 bits per heavy atom. The van der Waals surface area contributed by atoms with Crippen molar-refractivity contribution in [3.63, 3.8) is 0 Å². The van der Waals surface area contributed by atoms with E-state index in [-0.39, 0.29) is 22.5 Å². The molecule has 3 rings (SSSR count). The van der Waals surface area contributed by atoms with Crippen molar-refractivity contribution in [1.82, 2.24) is 15.2 Å². The molecule has 0 bridgehead atoms. The number of aromatic amines is 1. The van der Waals surface area contributed by atoms with Crippen molar-refractivity contribution >= 4 is 39.9 Å². The first-order valence-electron chi connectivity index (χ1n) is 8.45. The molecule has 0 aliphatic heterocycles. The Bertz CT molecular complexity index is 1180. The minimum absolute atomic E-state index is 0.115. The van der Waals surface area contributed by atoms with E-state index in [0.29, 0.717) is 16.9 Å². The lowest BCUT2D eigenvalue weighted by Crippen LogP contribution is -2.24. The Morgan fingerprint density at radius 3 is 2.52 bits per heavy atom. The first-order valence-corrected chi connectivity index (χ1v) is 9.53. The maximum atomic E-state index is 12.8. The zero-order valence-electron chi connectivity index (χ0n) is 15.5. The van der Waals surface area contributed by atoms with Crippen molar-refractivity contribution in [3.05, 3.63) is 89.4 Å². The standard InChI is InChI=1S/C19H16IN5O4/c1-11(21-22-18(26)15-5-3-4-6-16(15)25(28)29)17-12(2)23-24(19(17)27)14-9-7-13(20)8-10-14/h3-10,23H,1-2H3,(H,22,26). The number of para-hydroxylation sites is 1. The van der Waals surface area contributed by atoms with E-state index in [4.69, 9.17) is 0 Å². The van der Waals surface area contributed by atoms with Crippen molar-refractivity contribution in [3.8, 4) is 5.69 Å². The second-order valence-electron chi connectivity index (χ2n) is 6.14. The van der Waals surface area contributed by atoms with E-state index in [1.165, 1.54) is 28.9 Å². The molecule has 9 nitrogen and oxygen atoms in total. The third-order valence-corrected chi connectivity index (χ3v) is 4.91. The fraction of sp³-hybridized carbons (Fsp3) is 0.105. The summed E-state index contributed by atoms with van der Waals surface area (Å²) in [6.45, 7) is 3.30. The molecule has 0 spiro atoms.